The van der Waals surface area contributed by atoms with E-state index in [2.05, 4.69) is 54.0 Å². The van der Waals surface area contributed by atoms with E-state index in [9.17, 15) is 0 Å². The molecule has 0 radical (unpaired) electrons. The lowest BCUT2D eigenvalue weighted by Gasteiger charge is -2.11. The van der Waals surface area contributed by atoms with Gasteiger partial charge in [-0.05, 0) is 51.5 Å². The first-order valence-electron chi connectivity index (χ1n) is 6.60. The van der Waals surface area contributed by atoms with Gasteiger partial charge in [0.1, 0.15) is 12.4 Å². The zero-order valence-corrected chi connectivity index (χ0v) is 13.0. The Morgan fingerprint density at radius 2 is 1.74 bits per heavy atom. The molecule has 0 heterocycles. The second-order valence-corrected chi connectivity index (χ2v) is 5.99. The van der Waals surface area contributed by atoms with Crippen LogP contribution in [0.15, 0.2) is 53.0 Å². The summed E-state index contributed by atoms with van der Waals surface area (Å²) in [7, 11) is 0. The molecule has 0 saturated heterocycles. The zero-order valence-electron chi connectivity index (χ0n) is 11.4. The molecule has 0 atom stereocenters. The fourth-order valence-electron chi connectivity index (χ4n) is 2.00. The van der Waals surface area contributed by atoms with Crippen LogP contribution in [0.4, 0.5) is 0 Å². The third kappa shape index (κ3) is 4.39. The molecule has 2 aromatic carbocycles. The summed E-state index contributed by atoms with van der Waals surface area (Å²) >= 11 is 3.59. The van der Waals surface area contributed by atoms with Crippen molar-refractivity contribution in [2.75, 3.05) is 0 Å². The highest BCUT2D eigenvalue weighted by atomic mass is 79.9. The predicted molar refractivity (Wildman–Crippen MR) is 83.5 cm³/mol. The van der Waals surface area contributed by atoms with E-state index < -0.39 is 0 Å². The van der Waals surface area contributed by atoms with Gasteiger partial charge in [0.15, 0.2) is 0 Å². The van der Waals surface area contributed by atoms with Gasteiger partial charge in [-0.1, -0.05) is 50.2 Å². The van der Waals surface area contributed by atoms with Gasteiger partial charge < -0.3 is 4.74 Å². The fraction of sp³-hybridized carbons (Fsp3) is 0.294. The number of hydrogen-bond donors (Lipinski definition) is 0. The highest BCUT2D eigenvalue weighted by Gasteiger charge is 2.04. The molecular weight excluding hydrogens is 300 g/mol. The molecule has 0 fully saturated rings. The van der Waals surface area contributed by atoms with Crippen LogP contribution < -0.4 is 4.74 Å². The number of halogens is 1. The second kappa shape index (κ2) is 6.76. The molecule has 0 aliphatic heterocycles. The van der Waals surface area contributed by atoms with Gasteiger partial charge in [0.05, 0.1) is 4.47 Å². The van der Waals surface area contributed by atoms with E-state index in [0.717, 1.165) is 16.6 Å². The topological polar surface area (TPSA) is 9.23 Å². The maximum Gasteiger partial charge on any atom is 0.134 e. The first-order valence-corrected chi connectivity index (χ1v) is 7.39. The third-order valence-electron chi connectivity index (χ3n) is 2.88. The van der Waals surface area contributed by atoms with Crippen molar-refractivity contribution in [3.63, 3.8) is 0 Å². The maximum absolute atomic E-state index is 5.84. The summed E-state index contributed by atoms with van der Waals surface area (Å²) in [5, 5.41) is 0. The van der Waals surface area contributed by atoms with E-state index in [0.29, 0.717) is 12.5 Å². The highest BCUT2D eigenvalue weighted by molar-refractivity contribution is 9.10. The summed E-state index contributed by atoms with van der Waals surface area (Å²) in [4.78, 5) is 0. The number of benzene rings is 2. The smallest absolute Gasteiger partial charge is 0.134 e. The molecule has 0 unspecified atom stereocenters. The van der Waals surface area contributed by atoms with Gasteiger partial charge in [0.25, 0.3) is 0 Å². The molecule has 0 aliphatic rings. The Bertz CT molecular complexity index is 520. The SMILES string of the molecule is CC(C)Cc1ccc(OCc2ccccc2)c(Br)c1. The Labute approximate surface area is 123 Å². The van der Waals surface area contributed by atoms with E-state index in [1.54, 1.807) is 0 Å². The van der Waals surface area contributed by atoms with Crippen molar-refractivity contribution in [1.29, 1.82) is 0 Å². The minimum atomic E-state index is 0.600. The largest absolute Gasteiger partial charge is 0.488 e. The standard InChI is InChI=1S/C17H19BrO/c1-13(2)10-15-8-9-17(16(18)11-15)19-12-14-6-4-3-5-7-14/h3-9,11,13H,10,12H2,1-2H3. The molecule has 2 aromatic rings. The Morgan fingerprint density at radius 1 is 1.00 bits per heavy atom. The molecule has 0 spiro atoms. The molecule has 0 aromatic heterocycles. The lowest BCUT2D eigenvalue weighted by molar-refractivity contribution is 0.304. The molecule has 0 amide bonds. The molecule has 0 bridgehead atoms. The number of ether oxygens (including phenoxy) is 1. The summed E-state index contributed by atoms with van der Waals surface area (Å²) in [6.45, 7) is 5.06. The summed E-state index contributed by atoms with van der Waals surface area (Å²) in [5.41, 5.74) is 2.52. The molecule has 19 heavy (non-hydrogen) atoms. The van der Waals surface area contributed by atoms with E-state index in [4.69, 9.17) is 4.74 Å². The minimum Gasteiger partial charge on any atom is -0.488 e. The number of hydrogen-bond acceptors (Lipinski definition) is 1. The Morgan fingerprint density at radius 3 is 2.37 bits per heavy atom. The van der Waals surface area contributed by atoms with Gasteiger partial charge in [0.2, 0.25) is 0 Å². The average Bonchev–Trinajstić information content (AvgIpc) is 2.38. The maximum atomic E-state index is 5.84. The Hall–Kier alpha value is -1.28. The van der Waals surface area contributed by atoms with Crippen molar-refractivity contribution in [1.82, 2.24) is 0 Å². The van der Waals surface area contributed by atoms with E-state index in [1.807, 2.05) is 24.3 Å². The van der Waals surface area contributed by atoms with Crippen molar-refractivity contribution in [3.05, 3.63) is 64.1 Å². The van der Waals surface area contributed by atoms with E-state index in [1.165, 1.54) is 11.1 Å². The second-order valence-electron chi connectivity index (χ2n) is 5.14. The van der Waals surface area contributed by atoms with Crippen LogP contribution in [0, 0.1) is 5.92 Å². The fourth-order valence-corrected chi connectivity index (χ4v) is 2.54. The monoisotopic (exact) mass is 318 g/mol. The van der Waals surface area contributed by atoms with Gasteiger partial charge in [-0.15, -0.1) is 0 Å². The zero-order chi connectivity index (χ0) is 13.7. The quantitative estimate of drug-likeness (QED) is 0.733. The van der Waals surface area contributed by atoms with E-state index >= 15 is 0 Å². The van der Waals surface area contributed by atoms with Gasteiger partial charge in [-0.2, -0.15) is 0 Å². The molecular formula is C17H19BrO. The Kier molecular flexibility index (Phi) is 5.03. The average molecular weight is 319 g/mol. The summed E-state index contributed by atoms with van der Waals surface area (Å²) < 4.78 is 6.87. The van der Waals surface area contributed by atoms with Crippen LogP contribution in [0.3, 0.4) is 0 Å². The normalized spacial score (nSPS) is 10.7. The lowest BCUT2D eigenvalue weighted by atomic mass is 10.0. The summed E-state index contributed by atoms with van der Waals surface area (Å²) in [6, 6.07) is 16.6. The van der Waals surface area contributed by atoms with Gasteiger partial charge in [-0.3, -0.25) is 0 Å². The van der Waals surface area contributed by atoms with Crippen LogP contribution in [0.1, 0.15) is 25.0 Å². The predicted octanol–water partition coefficient (Wildman–Crippen LogP) is 5.23. The van der Waals surface area contributed by atoms with E-state index in [-0.39, 0.29) is 0 Å². The van der Waals surface area contributed by atoms with Gasteiger partial charge in [-0.25, -0.2) is 0 Å². The highest BCUT2D eigenvalue weighted by Crippen LogP contribution is 2.27. The van der Waals surface area contributed by atoms with Crippen LogP contribution >= 0.6 is 15.9 Å². The van der Waals surface area contributed by atoms with Crippen LogP contribution in [0.5, 0.6) is 5.75 Å². The lowest BCUT2D eigenvalue weighted by Crippen LogP contribution is -1.98. The van der Waals surface area contributed by atoms with Crippen molar-refractivity contribution >= 4 is 15.9 Å². The molecule has 0 aliphatic carbocycles. The van der Waals surface area contributed by atoms with Crippen molar-refractivity contribution < 1.29 is 4.74 Å². The molecule has 2 rings (SSSR count). The first-order chi connectivity index (χ1) is 9.15. The van der Waals surface area contributed by atoms with Crippen molar-refractivity contribution in [2.24, 2.45) is 5.92 Å². The molecule has 100 valence electrons. The van der Waals surface area contributed by atoms with Gasteiger partial charge >= 0.3 is 0 Å². The van der Waals surface area contributed by atoms with Crippen LogP contribution in [0.25, 0.3) is 0 Å². The summed E-state index contributed by atoms with van der Waals surface area (Å²) in [6.07, 6.45) is 1.09. The molecule has 0 N–H and O–H groups in total. The summed E-state index contributed by atoms with van der Waals surface area (Å²) in [5.74, 6) is 1.57. The van der Waals surface area contributed by atoms with Crippen molar-refractivity contribution in [3.8, 4) is 5.75 Å². The molecule has 1 nitrogen and oxygen atoms in total. The van der Waals surface area contributed by atoms with Crippen LogP contribution in [0.2, 0.25) is 0 Å². The van der Waals surface area contributed by atoms with Crippen molar-refractivity contribution in [2.45, 2.75) is 26.9 Å². The molecule has 0 saturated carbocycles. The van der Waals surface area contributed by atoms with Gasteiger partial charge in [0, 0.05) is 0 Å². The third-order valence-corrected chi connectivity index (χ3v) is 3.50. The van der Waals surface area contributed by atoms with Crippen LogP contribution in [-0.2, 0) is 13.0 Å². The molecule has 2 heteroatoms. The minimum absolute atomic E-state index is 0.600. The number of rotatable bonds is 5. The van der Waals surface area contributed by atoms with Crippen LogP contribution in [-0.4, -0.2) is 0 Å². The first kappa shape index (κ1) is 14.1. The Balaban J connectivity index is 2.01.